The first-order valence-electron chi connectivity index (χ1n) is 4.64. The Hall–Kier alpha value is -1.65. The van der Waals surface area contributed by atoms with Crippen LogP contribution < -0.4 is 5.73 Å². The molecule has 1 aliphatic rings. The first-order chi connectivity index (χ1) is 6.79. The predicted molar refractivity (Wildman–Crippen MR) is 51.6 cm³/mol. The summed E-state index contributed by atoms with van der Waals surface area (Å²) in [5.41, 5.74) is 6.00. The molecule has 0 spiro atoms. The van der Waals surface area contributed by atoms with Gasteiger partial charge in [-0.15, -0.1) is 0 Å². The largest absolute Gasteiger partial charge is 0.383 e. The molecule has 1 aromatic rings. The molecule has 0 unspecified atom stereocenters. The van der Waals surface area contributed by atoms with Crippen molar-refractivity contribution in [3.05, 3.63) is 18.1 Å². The predicted octanol–water partition coefficient (Wildman–Crippen LogP) is 0.295. The summed E-state index contributed by atoms with van der Waals surface area (Å²) in [5.74, 6) is 0.206. The molecule has 0 atom stereocenters. The number of likely N-dealkylation sites (tertiary alicyclic amines) is 1. The molecule has 0 aromatic carbocycles. The number of nitrogens with zero attached hydrogens (tertiary/aromatic N) is 3. The fourth-order valence-corrected chi connectivity index (χ4v) is 1.59. The molecule has 0 saturated carbocycles. The molecule has 0 aliphatic carbocycles. The number of nitrogen functional groups attached to an aromatic ring is 1. The summed E-state index contributed by atoms with van der Waals surface area (Å²) >= 11 is 0. The summed E-state index contributed by atoms with van der Waals surface area (Å²) in [5, 5.41) is 0. The molecular formula is C9H12N4O. The Bertz CT molecular complexity index is 346. The van der Waals surface area contributed by atoms with Crippen LogP contribution in [0.3, 0.4) is 0 Å². The number of anilines is 1. The van der Waals surface area contributed by atoms with Crippen molar-refractivity contribution >= 4 is 11.7 Å². The van der Waals surface area contributed by atoms with Crippen LogP contribution in [0, 0.1) is 0 Å². The van der Waals surface area contributed by atoms with Crippen molar-refractivity contribution < 1.29 is 4.79 Å². The van der Waals surface area contributed by atoms with E-state index in [0.717, 1.165) is 25.9 Å². The van der Waals surface area contributed by atoms with Crippen molar-refractivity contribution in [2.75, 3.05) is 18.8 Å². The zero-order valence-corrected chi connectivity index (χ0v) is 7.81. The minimum Gasteiger partial charge on any atom is -0.383 e. The number of aromatic nitrogens is 2. The molecule has 0 bridgehead atoms. The number of hydrogen-bond donors (Lipinski definition) is 1. The Morgan fingerprint density at radius 2 is 2.14 bits per heavy atom. The van der Waals surface area contributed by atoms with E-state index in [0.29, 0.717) is 5.56 Å². The average Bonchev–Trinajstić information content (AvgIpc) is 2.70. The maximum atomic E-state index is 11.8. The van der Waals surface area contributed by atoms with Gasteiger partial charge < -0.3 is 10.6 Å². The topological polar surface area (TPSA) is 72.1 Å². The molecule has 1 amide bonds. The second-order valence-electron chi connectivity index (χ2n) is 3.32. The molecule has 2 rings (SSSR count). The van der Waals surface area contributed by atoms with Crippen LogP contribution in [-0.2, 0) is 0 Å². The molecule has 74 valence electrons. The van der Waals surface area contributed by atoms with Gasteiger partial charge in [-0.1, -0.05) is 0 Å². The molecular weight excluding hydrogens is 180 g/mol. The number of nitrogens with two attached hydrogens (primary N) is 1. The first-order valence-corrected chi connectivity index (χ1v) is 4.64. The van der Waals surface area contributed by atoms with E-state index in [1.54, 1.807) is 4.90 Å². The van der Waals surface area contributed by atoms with Gasteiger partial charge in [-0.25, -0.2) is 9.97 Å². The maximum Gasteiger partial charge on any atom is 0.259 e. The lowest BCUT2D eigenvalue weighted by Crippen LogP contribution is -2.28. The number of amides is 1. The molecule has 5 heteroatoms. The normalized spacial score (nSPS) is 15.9. The van der Waals surface area contributed by atoms with Gasteiger partial charge in [-0.2, -0.15) is 0 Å². The third-order valence-electron chi connectivity index (χ3n) is 2.37. The Kier molecular flexibility index (Phi) is 2.30. The lowest BCUT2D eigenvalue weighted by molar-refractivity contribution is 0.0793. The Morgan fingerprint density at radius 1 is 1.43 bits per heavy atom. The summed E-state index contributed by atoms with van der Waals surface area (Å²) in [6, 6.07) is 0. The SMILES string of the molecule is Nc1ncncc1C(=O)N1CCCC1. The van der Waals surface area contributed by atoms with Crippen LogP contribution >= 0.6 is 0 Å². The van der Waals surface area contributed by atoms with Crippen LogP contribution in [0.4, 0.5) is 5.82 Å². The van der Waals surface area contributed by atoms with Gasteiger partial charge in [0.05, 0.1) is 5.56 Å². The summed E-state index contributed by atoms with van der Waals surface area (Å²) in [7, 11) is 0. The summed E-state index contributed by atoms with van der Waals surface area (Å²) in [6.07, 6.45) is 4.96. The standard InChI is InChI=1S/C9H12N4O/c10-8-7(5-11-6-12-8)9(14)13-3-1-2-4-13/h5-6H,1-4H2,(H2,10,11,12). The van der Waals surface area contributed by atoms with Gasteiger partial charge in [-0.3, -0.25) is 4.79 Å². The van der Waals surface area contributed by atoms with Crippen molar-refractivity contribution in [2.24, 2.45) is 0 Å². The lowest BCUT2D eigenvalue weighted by atomic mass is 10.3. The van der Waals surface area contributed by atoms with Crippen LogP contribution in [0.2, 0.25) is 0 Å². The molecule has 5 nitrogen and oxygen atoms in total. The first kappa shape index (κ1) is 8.93. The van der Waals surface area contributed by atoms with Crippen LogP contribution in [-0.4, -0.2) is 33.9 Å². The van der Waals surface area contributed by atoms with E-state index in [9.17, 15) is 4.79 Å². The molecule has 0 radical (unpaired) electrons. The van der Waals surface area contributed by atoms with Gasteiger partial charge in [0, 0.05) is 19.3 Å². The Balaban J connectivity index is 2.22. The highest BCUT2D eigenvalue weighted by Crippen LogP contribution is 2.14. The van der Waals surface area contributed by atoms with Gasteiger partial charge in [-0.05, 0) is 12.8 Å². The van der Waals surface area contributed by atoms with Crippen LogP contribution in [0.5, 0.6) is 0 Å². The molecule has 1 saturated heterocycles. The van der Waals surface area contributed by atoms with Crippen molar-refractivity contribution in [2.45, 2.75) is 12.8 Å². The van der Waals surface area contributed by atoms with Crippen molar-refractivity contribution in [3.63, 3.8) is 0 Å². The zero-order valence-electron chi connectivity index (χ0n) is 7.81. The van der Waals surface area contributed by atoms with Crippen LogP contribution in [0.25, 0.3) is 0 Å². The maximum absolute atomic E-state index is 11.8. The third-order valence-corrected chi connectivity index (χ3v) is 2.37. The zero-order chi connectivity index (χ0) is 9.97. The summed E-state index contributed by atoms with van der Waals surface area (Å²) < 4.78 is 0. The number of rotatable bonds is 1. The quantitative estimate of drug-likeness (QED) is 0.694. The minimum absolute atomic E-state index is 0.0550. The minimum atomic E-state index is -0.0550. The highest BCUT2D eigenvalue weighted by Gasteiger charge is 2.21. The van der Waals surface area contributed by atoms with Gasteiger partial charge in [0.2, 0.25) is 0 Å². The molecule has 14 heavy (non-hydrogen) atoms. The highest BCUT2D eigenvalue weighted by atomic mass is 16.2. The molecule has 1 fully saturated rings. The molecule has 1 aliphatic heterocycles. The Labute approximate surface area is 82.0 Å². The van der Waals surface area contributed by atoms with Crippen molar-refractivity contribution in [3.8, 4) is 0 Å². The molecule has 1 aromatic heterocycles. The van der Waals surface area contributed by atoms with Crippen LogP contribution in [0.1, 0.15) is 23.2 Å². The average molecular weight is 192 g/mol. The second kappa shape index (κ2) is 3.61. The third kappa shape index (κ3) is 1.53. The van der Waals surface area contributed by atoms with Gasteiger partial charge >= 0.3 is 0 Å². The fraction of sp³-hybridized carbons (Fsp3) is 0.444. The van der Waals surface area contributed by atoms with Gasteiger partial charge in [0.15, 0.2) is 0 Å². The summed E-state index contributed by atoms with van der Waals surface area (Å²) in [6.45, 7) is 1.63. The summed E-state index contributed by atoms with van der Waals surface area (Å²) in [4.78, 5) is 21.2. The van der Waals surface area contributed by atoms with Gasteiger partial charge in [0.1, 0.15) is 12.1 Å². The number of hydrogen-bond acceptors (Lipinski definition) is 4. The van der Waals surface area contributed by atoms with E-state index in [1.807, 2.05) is 0 Å². The van der Waals surface area contributed by atoms with Gasteiger partial charge in [0.25, 0.3) is 5.91 Å². The van der Waals surface area contributed by atoms with Crippen molar-refractivity contribution in [1.82, 2.24) is 14.9 Å². The lowest BCUT2D eigenvalue weighted by Gasteiger charge is -2.15. The van der Waals surface area contributed by atoms with E-state index in [4.69, 9.17) is 5.73 Å². The van der Waals surface area contributed by atoms with E-state index in [1.165, 1.54) is 12.5 Å². The van der Waals surface area contributed by atoms with E-state index in [-0.39, 0.29) is 11.7 Å². The fourth-order valence-electron chi connectivity index (χ4n) is 1.59. The number of carbonyl (C=O) groups excluding carboxylic acids is 1. The Morgan fingerprint density at radius 3 is 2.79 bits per heavy atom. The van der Waals surface area contributed by atoms with E-state index < -0.39 is 0 Å². The second-order valence-corrected chi connectivity index (χ2v) is 3.32. The monoisotopic (exact) mass is 192 g/mol. The van der Waals surface area contributed by atoms with E-state index in [2.05, 4.69) is 9.97 Å². The number of carbonyl (C=O) groups is 1. The van der Waals surface area contributed by atoms with E-state index >= 15 is 0 Å². The molecule has 2 heterocycles. The highest BCUT2D eigenvalue weighted by molar-refractivity contribution is 5.98. The van der Waals surface area contributed by atoms with Crippen molar-refractivity contribution in [1.29, 1.82) is 0 Å². The van der Waals surface area contributed by atoms with Crippen LogP contribution in [0.15, 0.2) is 12.5 Å². The smallest absolute Gasteiger partial charge is 0.259 e. The molecule has 2 N–H and O–H groups in total.